The molecule has 164 valence electrons. The number of methoxy groups -OCH3 is 3. The highest BCUT2D eigenvalue weighted by atomic mass is 16.5. The van der Waals surface area contributed by atoms with Crippen LogP contribution in [0.15, 0.2) is 46.9 Å². The molecule has 1 aromatic heterocycles. The number of aryl methyl sites for hydroxylation is 1. The quantitative estimate of drug-likeness (QED) is 0.531. The predicted molar refractivity (Wildman–Crippen MR) is 115 cm³/mol. The van der Waals surface area contributed by atoms with E-state index in [0.29, 0.717) is 30.4 Å². The lowest BCUT2D eigenvalue weighted by Crippen LogP contribution is -2.26. The van der Waals surface area contributed by atoms with Gasteiger partial charge in [0.25, 0.3) is 0 Å². The van der Waals surface area contributed by atoms with Crippen LogP contribution >= 0.6 is 0 Å². The molecule has 0 bridgehead atoms. The Morgan fingerprint density at radius 2 is 1.74 bits per heavy atom. The lowest BCUT2D eigenvalue weighted by molar-refractivity contribution is -0.121. The monoisotopic (exact) mass is 425 g/mol. The summed E-state index contributed by atoms with van der Waals surface area (Å²) in [6.07, 6.45) is 1.02. The number of nitrogens with zero attached hydrogens (tertiary/aromatic N) is 2. The summed E-state index contributed by atoms with van der Waals surface area (Å²) in [6.45, 7) is 1.93. The zero-order chi connectivity index (χ0) is 22.2. The summed E-state index contributed by atoms with van der Waals surface area (Å²) in [7, 11) is 4.83. The van der Waals surface area contributed by atoms with Gasteiger partial charge in [0.15, 0.2) is 0 Å². The van der Waals surface area contributed by atoms with Gasteiger partial charge < -0.3 is 23.9 Å². The minimum absolute atomic E-state index is 0.0930. The Kier molecular flexibility index (Phi) is 7.48. The highest BCUT2D eigenvalue weighted by molar-refractivity contribution is 5.76. The summed E-state index contributed by atoms with van der Waals surface area (Å²) in [5.74, 6) is 2.96. The van der Waals surface area contributed by atoms with Crippen molar-refractivity contribution >= 4 is 5.91 Å². The van der Waals surface area contributed by atoms with Gasteiger partial charge in [-0.2, -0.15) is 0 Å². The standard InChI is InChI=1S/C23H27N3O5/c1-15(16-6-5-7-18(12-16)28-2)24-21(27)10-11-22-25-26-23(31-22)14-17-13-19(29-3)8-9-20(17)30-4/h5-9,12-13,15H,10-11,14H2,1-4H3,(H,24,27)/t15-/m1/s1. The first-order chi connectivity index (χ1) is 15.0. The fraction of sp³-hybridized carbons (Fsp3) is 0.348. The Hall–Kier alpha value is -3.55. The van der Waals surface area contributed by atoms with Crippen LogP contribution in [0, 0.1) is 0 Å². The molecule has 0 spiro atoms. The van der Waals surface area contributed by atoms with Gasteiger partial charge in [0.1, 0.15) is 17.2 Å². The Labute approximate surface area is 181 Å². The molecule has 2 aromatic carbocycles. The van der Waals surface area contributed by atoms with E-state index in [1.165, 1.54) is 0 Å². The van der Waals surface area contributed by atoms with E-state index < -0.39 is 0 Å². The number of benzene rings is 2. The van der Waals surface area contributed by atoms with Crippen molar-refractivity contribution in [3.05, 3.63) is 65.4 Å². The maximum Gasteiger partial charge on any atom is 0.221 e. The molecule has 3 rings (SSSR count). The summed E-state index contributed by atoms with van der Waals surface area (Å²) < 4.78 is 21.6. The topological polar surface area (TPSA) is 95.7 Å². The highest BCUT2D eigenvalue weighted by Crippen LogP contribution is 2.26. The third kappa shape index (κ3) is 5.97. The summed E-state index contributed by atoms with van der Waals surface area (Å²) in [5, 5.41) is 11.1. The number of hydrogen-bond acceptors (Lipinski definition) is 7. The average Bonchev–Trinajstić information content (AvgIpc) is 3.24. The molecule has 1 atom stereocenters. The first-order valence-corrected chi connectivity index (χ1v) is 9.98. The van der Waals surface area contributed by atoms with Gasteiger partial charge in [0.05, 0.1) is 33.8 Å². The molecule has 8 heteroatoms. The van der Waals surface area contributed by atoms with Crippen molar-refractivity contribution in [1.82, 2.24) is 15.5 Å². The number of nitrogens with one attached hydrogen (secondary N) is 1. The molecule has 3 aromatic rings. The first kappa shape index (κ1) is 22.1. The van der Waals surface area contributed by atoms with Crippen LogP contribution in [0.1, 0.15) is 42.3 Å². The Balaban J connectivity index is 1.55. The van der Waals surface area contributed by atoms with Crippen molar-refractivity contribution in [2.75, 3.05) is 21.3 Å². The number of ether oxygens (including phenoxy) is 3. The van der Waals surface area contributed by atoms with E-state index in [9.17, 15) is 4.79 Å². The normalized spacial score (nSPS) is 11.6. The molecular weight excluding hydrogens is 398 g/mol. The van der Waals surface area contributed by atoms with E-state index >= 15 is 0 Å². The molecule has 1 heterocycles. The van der Waals surface area contributed by atoms with Crippen LogP contribution in [0.4, 0.5) is 0 Å². The van der Waals surface area contributed by atoms with Crippen molar-refractivity contribution in [2.45, 2.75) is 32.2 Å². The second-order valence-corrected chi connectivity index (χ2v) is 7.01. The van der Waals surface area contributed by atoms with E-state index in [2.05, 4.69) is 15.5 Å². The summed E-state index contributed by atoms with van der Waals surface area (Å²) >= 11 is 0. The molecule has 0 fully saturated rings. The number of carbonyl (C=O) groups excluding carboxylic acids is 1. The van der Waals surface area contributed by atoms with Gasteiger partial charge in [-0.05, 0) is 42.8 Å². The first-order valence-electron chi connectivity index (χ1n) is 9.98. The minimum Gasteiger partial charge on any atom is -0.497 e. The van der Waals surface area contributed by atoms with Gasteiger partial charge >= 0.3 is 0 Å². The van der Waals surface area contributed by atoms with Crippen LogP contribution in [0.2, 0.25) is 0 Å². The van der Waals surface area contributed by atoms with Crippen LogP contribution < -0.4 is 19.5 Å². The van der Waals surface area contributed by atoms with E-state index in [0.717, 1.165) is 22.6 Å². The SMILES string of the molecule is COc1cccc([C@@H](C)NC(=O)CCc2nnc(Cc3cc(OC)ccc3OC)o2)c1. The van der Waals surface area contributed by atoms with Gasteiger partial charge in [0, 0.05) is 18.4 Å². The van der Waals surface area contributed by atoms with E-state index in [4.69, 9.17) is 18.6 Å². The summed E-state index contributed by atoms with van der Waals surface area (Å²) in [5.41, 5.74) is 1.85. The average molecular weight is 425 g/mol. The molecule has 0 unspecified atom stereocenters. The van der Waals surface area contributed by atoms with Crippen molar-refractivity contribution in [1.29, 1.82) is 0 Å². The van der Waals surface area contributed by atoms with Gasteiger partial charge in [-0.25, -0.2) is 0 Å². The number of amides is 1. The molecule has 0 saturated heterocycles. The smallest absolute Gasteiger partial charge is 0.221 e. The second kappa shape index (κ2) is 10.5. The third-order valence-electron chi connectivity index (χ3n) is 4.88. The molecule has 0 saturated carbocycles. The van der Waals surface area contributed by atoms with E-state index in [1.54, 1.807) is 21.3 Å². The molecule has 31 heavy (non-hydrogen) atoms. The fourth-order valence-corrected chi connectivity index (χ4v) is 3.17. The van der Waals surface area contributed by atoms with Gasteiger partial charge in [-0.1, -0.05) is 12.1 Å². The van der Waals surface area contributed by atoms with Crippen LogP contribution in [0.5, 0.6) is 17.2 Å². The minimum atomic E-state index is -0.138. The van der Waals surface area contributed by atoms with Crippen LogP contribution in [-0.2, 0) is 17.6 Å². The largest absolute Gasteiger partial charge is 0.497 e. The van der Waals surface area contributed by atoms with E-state index in [-0.39, 0.29) is 18.4 Å². The second-order valence-electron chi connectivity index (χ2n) is 7.01. The van der Waals surface area contributed by atoms with Gasteiger partial charge in [0.2, 0.25) is 17.7 Å². The zero-order valence-electron chi connectivity index (χ0n) is 18.2. The predicted octanol–water partition coefficient (Wildman–Crippen LogP) is 3.50. The van der Waals surface area contributed by atoms with Crippen LogP contribution in [0.25, 0.3) is 0 Å². The lowest BCUT2D eigenvalue weighted by Gasteiger charge is -2.14. The Morgan fingerprint density at radius 1 is 1.00 bits per heavy atom. The highest BCUT2D eigenvalue weighted by Gasteiger charge is 2.14. The van der Waals surface area contributed by atoms with Crippen LogP contribution in [-0.4, -0.2) is 37.4 Å². The van der Waals surface area contributed by atoms with E-state index in [1.807, 2.05) is 49.4 Å². The van der Waals surface area contributed by atoms with Gasteiger partial charge in [-0.15, -0.1) is 10.2 Å². The number of rotatable bonds is 10. The van der Waals surface area contributed by atoms with Crippen LogP contribution in [0.3, 0.4) is 0 Å². The molecule has 1 amide bonds. The third-order valence-corrected chi connectivity index (χ3v) is 4.88. The lowest BCUT2D eigenvalue weighted by atomic mass is 10.1. The van der Waals surface area contributed by atoms with Crippen molar-refractivity contribution in [2.24, 2.45) is 0 Å². The number of carbonyl (C=O) groups is 1. The molecule has 0 aliphatic carbocycles. The number of hydrogen-bond donors (Lipinski definition) is 1. The Morgan fingerprint density at radius 3 is 2.48 bits per heavy atom. The van der Waals surface area contributed by atoms with Crippen molar-refractivity contribution < 1.29 is 23.4 Å². The van der Waals surface area contributed by atoms with Gasteiger partial charge in [-0.3, -0.25) is 4.79 Å². The molecule has 0 aliphatic heterocycles. The molecule has 0 aliphatic rings. The number of aromatic nitrogens is 2. The summed E-state index contributed by atoms with van der Waals surface area (Å²) in [4.78, 5) is 12.3. The zero-order valence-corrected chi connectivity index (χ0v) is 18.2. The Bertz CT molecular complexity index is 1020. The molecule has 1 N–H and O–H groups in total. The molecule has 8 nitrogen and oxygen atoms in total. The summed E-state index contributed by atoms with van der Waals surface area (Å²) in [6, 6.07) is 13.0. The maximum absolute atomic E-state index is 12.3. The maximum atomic E-state index is 12.3. The van der Waals surface area contributed by atoms with Crippen molar-refractivity contribution in [3.8, 4) is 17.2 Å². The van der Waals surface area contributed by atoms with Crippen molar-refractivity contribution in [3.63, 3.8) is 0 Å². The fourth-order valence-electron chi connectivity index (χ4n) is 3.17. The molecule has 0 radical (unpaired) electrons. The molecular formula is C23H27N3O5.